The third-order valence-corrected chi connectivity index (χ3v) is 10.5. The van der Waals surface area contributed by atoms with Gasteiger partial charge < -0.3 is 24.6 Å². The van der Waals surface area contributed by atoms with E-state index in [1.807, 2.05) is 12.2 Å². The van der Waals surface area contributed by atoms with E-state index in [1.54, 1.807) is 0 Å². The molecule has 350 valence electrons. The maximum absolute atomic E-state index is 12.6. The second-order valence-electron chi connectivity index (χ2n) is 15.4. The molecule has 0 aromatic rings. The van der Waals surface area contributed by atoms with Crippen molar-refractivity contribution in [2.24, 2.45) is 0 Å². The fraction of sp³-hybridized carbons (Fsp3) is 0.680. The standard InChI is InChI=1S/C50H85O10P/c1-3-5-7-9-11-13-15-17-19-21-23-25-27-29-31-33-35-37-39-41-49(53)57-45-48(46-59-61(55,56)58-44-47(52)43-51)60-50(54)42-40-38-36-34-32-30-28-26-24-22-20-18-16-14-12-10-8-6-4-2/h6,8,12,14,18,20-21,23-24,26,30,32,36,38,47-48,51-52H,3-5,7,9-11,13,15-17,19,22,25,27-29,31,33-35,37,39-46H2,1-2H3,(H,55,56)/b8-6-,14-12-,20-18-,23-21-,26-24-,32-30-,38-36-/t47-,48+/m0/s1. The van der Waals surface area contributed by atoms with E-state index in [4.69, 9.17) is 19.1 Å². The largest absolute Gasteiger partial charge is 0.472 e. The minimum atomic E-state index is -4.65. The van der Waals surface area contributed by atoms with Gasteiger partial charge in [0.1, 0.15) is 12.7 Å². The van der Waals surface area contributed by atoms with Gasteiger partial charge in [0, 0.05) is 12.8 Å². The summed E-state index contributed by atoms with van der Waals surface area (Å²) in [6, 6.07) is 0. The Labute approximate surface area is 371 Å². The maximum atomic E-state index is 12.6. The zero-order valence-electron chi connectivity index (χ0n) is 38.1. The van der Waals surface area contributed by atoms with Crippen LogP contribution in [0.3, 0.4) is 0 Å². The topological polar surface area (TPSA) is 149 Å². The maximum Gasteiger partial charge on any atom is 0.472 e. The van der Waals surface area contributed by atoms with Crippen LogP contribution in [-0.4, -0.2) is 65.7 Å². The normalized spacial score (nSPS) is 14.5. The van der Waals surface area contributed by atoms with Crippen molar-refractivity contribution in [1.29, 1.82) is 0 Å². The molecule has 0 saturated carbocycles. The summed E-state index contributed by atoms with van der Waals surface area (Å²) in [7, 11) is -4.65. The lowest BCUT2D eigenvalue weighted by Gasteiger charge is -2.20. The zero-order chi connectivity index (χ0) is 44.8. The number of carbonyl (C=O) groups excluding carboxylic acids is 2. The van der Waals surface area contributed by atoms with Gasteiger partial charge in [0.15, 0.2) is 6.10 Å². The molecule has 1 unspecified atom stereocenters. The van der Waals surface area contributed by atoms with Gasteiger partial charge in [0.2, 0.25) is 0 Å². The van der Waals surface area contributed by atoms with Crippen LogP contribution in [0.1, 0.15) is 181 Å². The van der Waals surface area contributed by atoms with Gasteiger partial charge in [0.25, 0.3) is 0 Å². The molecule has 0 aliphatic carbocycles. The van der Waals surface area contributed by atoms with Crippen molar-refractivity contribution in [3.8, 4) is 0 Å². The van der Waals surface area contributed by atoms with Gasteiger partial charge >= 0.3 is 19.8 Å². The number of aliphatic hydroxyl groups is 2. The quantitative estimate of drug-likeness (QED) is 0.0234. The molecule has 0 spiro atoms. The molecule has 0 aromatic heterocycles. The number of carbonyl (C=O) groups is 2. The van der Waals surface area contributed by atoms with Crippen LogP contribution in [0.5, 0.6) is 0 Å². The summed E-state index contributed by atoms with van der Waals surface area (Å²) in [6.07, 6.45) is 54.2. The minimum Gasteiger partial charge on any atom is -0.462 e. The number of rotatable bonds is 43. The molecule has 0 saturated heterocycles. The highest BCUT2D eigenvalue weighted by Gasteiger charge is 2.27. The third kappa shape index (κ3) is 45.0. The highest BCUT2D eigenvalue weighted by molar-refractivity contribution is 7.47. The molecule has 0 bridgehead atoms. The molecule has 10 nitrogen and oxygen atoms in total. The minimum absolute atomic E-state index is 0.0542. The lowest BCUT2D eigenvalue weighted by Crippen LogP contribution is -2.29. The van der Waals surface area contributed by atoms with Crippen molar-refractivity contribution in [2.75, 3.05) is 26.4 Å². The van der Waals surface area contributed by atoms with Crippen molar-refractivity contribution in [1.82, 2.24) is 0 Å². The first-order valence-electron chi connectivity index (χ1n) is 23.5. The summed E-state index contributed by atoms with van der Waals surface area (Å²) in [4.78, 5) is 35.0. The molecule has 11 heteroatoms. The predicted octanol–water partition coefficient (Wildman–Crippen LogP) is 13.0. The molecule has 0 radical (unpaired) electrons. The molecule has 0 aromatic carbocycles. The Morgan fingerprint density at radius 1 is 0.508 bits per heavy atom. The molecule has 61 heavy (non-hydrogen) atoms. The molecule has 0 aliphatic heterocycles. The zero-order valence-corrected chi connectivity index (χ0v) is 39.0. The second-order valence-corrected chi connectivity index (χ2v) is 16.8. The highest BCUT2D eigenvalue weighted by Crippen LogP contribution is 2.43. The Bertz CT molecular complexity index is 1280. The van der Waals surface area contributed by atoms with Gasteiger partial charge in [0.05, 0.1) is 19.8 Å². The number of unbranched alkanes of at least 4 members (excludes halogenated alkanes) is 15. The van der Waals surface area contributed by atoms with E-state index in [2.05, 4.69) is 91.3 Å². The predicted molar refractivity (Wildman–Crippen MR) is 251 cm³/mol. The molecule has 0 fully saturated rings. The highest BCUT2D eigenvalue weighted by atomic mass is 31.2. The first-order chi connectivity index (χ1) is 29.7. The van der Waals surface area contributed by atoms with Crippen LogP contribution in [-0.2, 0) is 32.7 Å². The van der Waals surface area contributed by atoms with Gasteiger partial charge in [-0.25, -0.2) is 4.57 Å². The lowest BCUT2D eigenvalue weighted by atomic mass is 10.1. The van der Waals surface area contributed by atoms with Crippen molar-refractivity contribution in [2.45, 2.75) is 193 Å². The number of ether oxygens (including phenoxy) is 2. The summed E-state index contributed by atoms with van der Waals surface area (Å²) in [5.41, 5.74) is 0. The van der Waals surface area contributed by atoms with E-state index >= 15 is 0 Å². The van der Waals surface area contributed by atoms with Crippen molar-refractivity contribution < 1.29 is 47.8 Å². The Balaban J connectivity index is 4.38. The Kier molecular flexibility index (Phi) is 43.1. The molecule has 0 heterocycles. The first-order valence-corrected chi connectivity index (χ1v) is 25.0. The number of phosphoric ester groups is 1. The summed E-state index contributed by atoms with van der Waals surface area (Å²) in [5.74, 6) is -1.03. The number of hydrogen-bond donors (Lipinski definition) is 3. The van der Waals surface area contributed by atoms with Gasteiger partial charge in [-0.05, 0) is 77.0 Å². The van der Waals surface area contributed by atoms with Crippen LogP contribution in [0, 0.1) is 0 Å². The smallest absolute Gasteiger partial charge is 0.462 e. The van der Waals surface area contributed by atoms with Crippen LogP contribution < -0.4 is 0 Å². The van der Waals surface area contributed by atoms with E-state index in [-0.39, 0.29) is 19.4 Å². The summed E-state index contributed by atoms with van der Waals surface area (Å²) >= 11 is 0. The molecular formula is C50H85O10P. The second kappa shape index (κ2) is 45.2. The summed E-state index contributed by atoms with van der Waals surface area (Å²) in [6.45, 7) is 2.18. The number of hydrogen-bond acceptors (Lipinski definition) is 9. The summed E-state index contributed by atoms with van der Waals surface area (Å²) < 4.78 is 32.7. The first kappa shape index (κ1) is 58.1. The van der Waals surface area contributed by atoms with Gasteiger partial charge in [-0.3, -0.25) is 18.6 Å². The molecule has 0 rings (SSSR count). The number of allylic oxidation sites excluding steroid dienone is 14. The average Bonchev–Trinajstić information content (AvgIpc) is 3.25. The Hall–Kier alpha value is -2.85. The van der Waals surface area contributed by atoms with Crippen molar-refractivity contribution in [3.05, 3.63) is 85.1 Å². The van der Waals surface area contributed by atoms with Crippen LogP contribution in [0.2, 0.25) is 0 Å². The average molecular weight is 877 g/mol. The van der Waals surface area contributed by atoms with Crippen LogP contribution >= 0.6 is 7.82 Å². The fourth-order valence-corrected chi connectivity index (χ4v) is 6.74. The van der Waals surface area contributed by atoms with Crippen molar-refractivity contribution >= 4 is 19.8 Å². The third-order valence-electron chi connectivity index (χ3n) is 9.55. The summed E-state index contributed by atoms with van der Waals surface area (Å²) in [5, 5.41) is 18.4. The van der Waals surface area contributed by atoms with Crippen LogP contribution in [0.4, 0.5) is 0 Å². The molecular weight excluding hydrogens is 792 g/mol. The van der Waals surface area contributed by atoms with E-state index in [9.17, 15) is 24.2 Å². The van der Waals surface area contributed by atoms with Crippen LogP contribution in [0.15, 0.2) is 85.1 Å². The molecule has 0 aliphatic rings. The monoisotopic (exact) mass is 877 g/mol. The van der Waals surface area contributed by atoms with E-state index < -0.39 is 51.8 Å². The molecule has 3 atom stereocenters. The number of phosphoric acid groups is 1. The number of esters is 2. The fourth-order valence-electron chi connectivity index (χ4n) is 5.95. The van der Waals surface area contributed by atoms with Crippen molar-refractivity contribution in [3.63, 3.8) is 0 Å². The molecule has 3 N–H and O–H groups in total. The van der Waals surface area contributed by atoms with Gasteiger partial charge in [-0.15, -0.1) is 0 Å². The lowest BCUT2D eigenvalue weighted by molar-refractivity contribution is -0.161. The molecule has 0 amide bonds. The van der Waals surface area contributed by atoms with E-state index in [0.717, 1.165) is 64.2 Å². The number of aliphatic hydroxyl groups excluding tert-OH is 2. The van der Waals surface area contributed by atoms with Gasteiger partial charge in [-0.1, -0.05) is 176 Å². The SMILES string of the molecule is CC/C=C\C/C=C\C/C=C\C/C=C\C/C=C\C/C=C\CCC(=O)O[C@H](COC(=O)CCCCCCCCC/C=C\CCCCCCCCCC)COP(=O)(O)OC[C@@H](O)CO. The Morgan fingerprint density at radius 2 is 0.934 bits per heavy atom. The Morgan fingerprint density at radius 3 is 1.43 bits per heavy atom. The van der Waals surface area contributed by atoms with Crippen LogP contribution in [0.25, 0.3) is 0 Å². The van der Waals surface area contributed by atoms with E-state index in [0.29, 0.717) is 12.8 Å². The van der Waals surface area contributed by atoms with E-state index in [1.165, 1.54) is 77.0 Å². The van der Waals surface area contributed by atoms with Gasteiger partial charge in [-0.2, -0.15) is 0 Å².